The molecule has 2 aromatic carbocycles. The van der Waals surface area contributed by atoms with Crippen molar-refractivity contribution in [1.82, 2.24) is 0 Å². The summed E-state index contributed by atoms with van der Waals surface area (Å²) >= 11 is 21.5. The van der Waals surface area contributed by atoms with Crippen LogP contribution in [0.1, 0.15) is 122 Å². The van der Waals surface area contributed by atoms with Crippen molar-refractivity contribution >= 4 is 50.5 Å². The second-order valence-corrected chi connectivity index (χ2v) is 15.2. The monoisotopic (exact) mass is 618 g/mol. The van der Waals surface area contributed by atoms with E-state index < -0.39 is 4.75 Å². The van der Waals surface area contributed by atoms with Gasteiger partial charge in [0.05, 0.1) is 0 Å². The zero-order valence-electron chi connectivity index (χ0n) is 25.8. The minimum atomic E-state index is -0.458. The maximum Gasteiger partial charge on any atom is 0.0498 e. The second kappa shape index (κ2) is 19.2. The molecule has 0 fully saturated rings. The lowest BCUT2D eigenvalue weighted by molar-refractivity contribution is 0.317. The van der Waals surface area contributed by atoms with Gasteiger partial charge in [0.15, 0.2) is 0 Å². The number of rotatable bonds is 21. The Kier molecular flexibility index (Phi) is 17.3. The first-order valence-corrected chi connectivity index (χ1v) is 18.1. The van der Waals surface area contributed by atoms with Crippen molar-refractivity contribution < 1.29 is 0 Å². The molecule has 0 aliphatic rings. The van der Waals surface area contributed by atoms with Crippen molar-refractivity contribution in [2.45, 2.75) is 132 Å². The summed E-state index contributed by atoms with van der Waals surface area (Å²) in [6.45, 7) is 9.30. The highest BCUT2D eigenvalue weighted by Gasteiger charge is 2.56. The van der Waals surface area contributed by atoms with Crippen molar-refractivity contribution in [3.63, 3.8) is 0 Å². The summed E-state index contributed by atoms with van der Waals surface area (Å²) in [5.74, 6) is 2.35. The number of thiol groups is 4. The van der Waals surface area contributed by atoms with Crippen LogP contribution in [0, 0.1) is 11.8 Å². The molecule has 0 aliphatic heterocycles. The van der Waals surface area contributed by atoms with Crippen LogP contribution in [0.3, 0.4) is 0 Å². The molecule has 40 heavy (non-hydrogen) atoms. The van der Waals surface area contributed by atoms with E-state index in [1.807, 2.05) is 0 Å². The van der Waals surface area contributed by atoms with Crippen LogP contribution in [0.15, 0.2) is 60.7 Å². The van der Waals surface area contributed by atoms with E-state index in [1.165, 1.54) is 75.3 Å². The van der Waals surface area contributed by atoms with Crippen LogP contribution in [0.2, 0.25) is 0 Å². The minimum absolute atomic E-state index is 0.102. The molecule has 0 heterocycles. The van der Waals surface area contributed by atoms with Gasteiger partial charge in [-0.2, -0.15) is 50.5 Å². The number of hydrogen-bond donors (Lipinski definition) is 4. The Balaban J connectivity index is 2.42. The minimum Gasteiger partial charge on any atom is -0.179 e. The largest absolute Gasteiger partial charge is 0.179 e. The third-order valence-corrected chi connectivity index (χ3v) is 11.7. The van der Waals surface area contributed by atoms with Crippen LogP contribution in [0.25, 0.3) is 0 Å². The summed E-state index contributed by atoms with van der Waals surface area (Å²) in [4.78, 5) is 0. The molecule has 226 valence electrons. The van der Waals surface area contributed by atoms with Crippen LogP contribution in [0.4, 0.5) is 0 Å². The molecule has 0 saturated carbocycles. The Hall–Kier alpha value is -0.160. The van der Waals surface area contributed by atoms with Crippen LogP contribution >= 0.6 is 50.5 Å². The number of unbranched alkanes of at least 4 members (excludes halogenated alkanes) is 6. The second-order valence-electron chi connectivity index (χ2n) is 12.7. The fourth-order valence-corrected chi connectivity index (χ4v) is 8.70. The van der Waals surface area contributed by atoms with Crippen LogP contribution in [-0.4, -0.2) is 21.0 Å². The molecule has 0 aromatic heterocycles. The Morgan fingerprint density at radius 1 is 0.550 bits per heavy atom. The van der Waals surface area contributed by atoms with Crippen LogP contribution in [0.5, 0.6) is 0 Å². The van der Waals surface area contributed by atoms with E-state index in [0.29, 0.717) is 0 Å². The summed E-state index contributed by atoms with van der Waals surface area (Å²) in [6.07, 6.45) is 15.8. The summed E-state index contributed by atoms with van der Waals surface area (Å²) in [6, 6.07) is 22.1. The third-order valence-electron chi connectivity index (χ3n) is 8.74. The first-order chi connectivity index (χ1) is 19.2. The van der Waals surface area contributed by atoms with Crippen molar-refractivity contribution in [2.75, 3.05) is 5.75 Å². The fourth-order valence-electron chi connectivity index (χ4n) is 6.45. The van der Waals surface area contributed by atoms with E-state index >= 15 is 0 Å². The fraction of sp³-hybridized carbons (Fsp3) is 0.667. The Labute approximate surface area is 270 Å². The van der Waals surface area contributed by atoms with Gasteiger partial charge in [0, 0.05) is 20.7 Å². The van der Waals surface area contributed by atoms with Gasteiger partial charge < -0.3 is 0 Å². The maximum absolute atomic E-state index is 5.80. The van der Waals surface area contributed by atoms with Gasteiger partial charge in [-0.1, -0.05) is 153 Å². The third kappa shape index (κ3) is 10.2. The summed E-state index contributed by atoms with van der Waals surface area (Å²) in [7, 11) is 0. The van der Waals surface area contributed by atoms with Crippen LogP contribution in [-0.2, 0) is 5.41 Å². The molecular weight excluding hydrogens is 561 g/mol. The predicted molar refractivity (Wildman–Crippen MR) is 194 cm³/mol. The van der Waals surface area contributed by atoms with Gasteiger partial charge in [0.25, 0.3) is 0 Å². The maximum atomic E-state index is 5.80. The lowest BCUT2D eigenvalue weighted by Crippen LogP contribution is -2.60. The SMILES string of the molecule is CC(C)CCCCCCC(S)C(S)(C(S)CCCCCCC(C)C)C(CCS)(c1ccccc1)c1ccccc1. The molecule has 4 heteroatoms. The first kappa shape index (κ1) is 36.0. The highest BCUT2D eigenvalue weighted by atomic mass is 32.1. The molecule has 2 rings (SSSR count). The average molecular weight is 619 g/mol. The standard InChI is InChI=1S/C36H58S4/c1-29(2)19-11-5-7-17-25-33(38)36(40,34(39)26-18-8-6-12-20-30(3)4)35(27-28-37,31-21-13-9-14-22-31)32-23-15-10-16-24-32/h9-10,13-16,21-24,29-30,33-34,37-40H,5-8,11-12,17-20,25-28H2,1-4H3. The molecule has 0 amide bonds. The number of benzene rings is 2. The molecular formula is C36H58S4. The molecule has 0 aliphatic carbocycles. The first-order valence-electron chi connectivity index (χ1n) is 16.0. The quantitative estimate of drug-likeness (QED) is 0.0776. The van der Waals surface area contributed by atoms with E-state index in [4.69, 9.17) is 50.5 Å². The Morgan fingerprint density at radius 3 is 1.23 bits per heavy atom. The van der Waals surface area contributed by atoms with Crippen molar-refractivity contribution in [2.24, 2.45) is 11.8 Å². The predicted octanol–water partition coefficient (Wildman–Crippen LogP) is 11.6. The smallest absolute Gasteiger partial charge is 0.0498 e. The zero-order chi connectivity index (χ0) is 29.4. The van der Waals surface area contributed by atoms with Crippen LogP contribution < -0.4 is 0 Å². The molecule has 0 saturated heterocycles. The van der Waals surface area contributed by atoms with Crippen molar-refractivity contribution in [3.8, 4) is 0 Å². The normalized spacial score (nSPS) is 15.3. The molecule has 0 nitrogen and oxygen atoms in total. The van der Waals surface area contributed by atoms with Gasteiger partial charge in [-0.3, -0.25) is 0 Å². The molecule has 2 aromatic rings. The van der Waals surface area contributed by atoms with Gasteiger partial charge in [-0.05, 0) is 48.0 Å². The van der Waals surface area contributed by atoms with E-state index in [-0.39, 0.29) is 15.9 Å². The Morgan fingerprint density at radius 2 is 0.900 bits per heavy atom. The van der Waals surface area contributed by atoms with Crippen molar-refractivity contribution in [1.29, 1.82) is 0 Å². The lowest BCUT2D eigenvalue weighted by atomic mass is 9.60. The highest BCUT2D eigenvalue weighted by molar-refractivity contribution is 7.88. The topological polar surface area (TPSA) is 0 Å². The molecule has 2 unspecified atom stereocenters. The van der Waals surface area contributed by atoms with E-state index in [0.717, 1.165) is 36.9 Å². The van der Waals surface area contributed by atoms with E-state index in [2.05, 4.69) is 88.4 Å². The van der Waals surface area contributed by atoms with Gasteiger partial charge in [-0.25, -0.2) is 0 Å². The average Bonchev–Trinajstić information content (AvgIpc) is 2.95. The van der Waals surface area contributed by atoms with E-state index in [1.54, 1.807) is 0 Å². The number of hydrogen-bond acceptors (Lipinski definition) is 4. The molecule has 2 atom stereocenters. The van der Waals surface area contributed by atoms with Crippen molar-refractivity contribution in [3.05, 3.63) is 71.8 Å². The molecule has 0 N–H and O–H groups in total. The zero-order valence-corrected chi connectivity index (χ0v) is 29.3. The summed E-state index contributed by atoms with van der Waals surface area (Å²) in [5, 5.41) is 0.203. The summed E-state index contributed by atoms with van der Waals surface area (Å²) in [5.41, 5.74) is 2.25. The Bertz CT molecular complexity index is 830. The van der Waals surface area contributed by atoms with Gasteiger partial charge in [0.1, 0.15) is 0 Å². The van der Waals surface area contributed by atoms with Gasteiger partial charge >= 0.3 is 0 Å². The lowest BCUT2D eigenvalue weighted by Gasteiger charge is -2.55. The molecule has 0 spiro atoms. The highest BCUT2D eigenvalue weighted by Crippen LogP contribution is 2.56. The molecule has 0 radical (unpaired) electrons. The van der Waals surface area contributed by atoms with Gasteiger partial charge in [-0.15, -0.1) is 0 Å². The van der Waals surface area contributed by atoms with E-state index in [9.17, 15) is 0 Å². The summed E-state index contributed by atoms with van der Waals surface area (Å²) < 4.78 is -0.458. The van der Waals surface area contributed by atoms with Gasteiger partial charge in [0.2, 0.25) is 0 Å². The molecule has 0 bridgehead atoms.